The van der Waals surface area contributed by atoms with E-state index in [0.717, 1.165) is 12.3 Å². The molecule has 0 amide bonds. The minimum Gasteiger partial charge on any atom is -0.484 e. The molecule has 0 spiro atoms. The van der Waals surface area contributed by atoms with Crippen LogP contribution in [0, 0.1) is 5.82 Å². The molecule has 3 aromatic rings. The van der Waals surface area contributed by atoms with Crippen LogP contribution in [0.1, 0.15) is 29.8 Å². The first-order valence-corrected chi connectivity index (χ1v) is 8.74. The molecule has 152 valence electrons. The largest absolute Gasteiger partial charge is 0.484 e. The zero-order valence-electron chi connectivity index (χ0n) is 14.9. The molecule has 1 saturated heterocycles. The Kier molecular flexibility index (Phi) is 5.03. The van der Waals surface area contributed by atoms with Crippen molar-refractivity contribution in [3.05, 3.63) is 59.8 Å². The fraction of sp³-hybridized carbons (Fsp3) is 0.333. The number of anilines is 1. The lowest BCUT2D eigenvalue weighted by Gasteiger charge is -2.16. The molecular formula is C18H15F4N5O2. The van der Waals surface area contributed by atoms with Gasteiger partial charge >= 0.3 is 6.18 Å². The smallest absolute Gasteiger partial charge is 0.433 e. The van der Waals surface area contributed by atoms with Gasteiger partial charge in [-0.3, -0.25) is 0 Å². The van der Waals surface area contributed by atoms with E-state index < -0.39 is 11.9 Å². The number of hydrogen-bond acceptors (Lipinski definition) is 7. The molecule has 0 saturated carbocycles. The van der Waals surface area contributed by atoms with E-state index in [0.29, 0.717) is 31.2 Å². The van der Waals surface area contributed by atoms with Crippen LogP contribution in [0.15, 0.2) is 40.9 Å². The van der Waals surface area contributed by atoms with Crippen molar-refractivity contribution in [1.82, 2.24) is 20.2 Å². The summed E-state index contributed by atoms with van der Waals surface area (Å²) in [6.07, 6.45) is -2.82. The maximum Gasteiger partial charge on any atom is 0.433 e. The fourth-order valence-corrected chi connectivity index (χ4v) is 2.97. The molecule has 1 aliphatic heterocycles. The van der Waals surface area contributed by atoms with Crippen LogP contribution in [0.3, 0.4) is 0 Å². The minimum absolute atomic E-state index is 0.0155. The lowest BCUT2D eigenvalue weighted by molar-refractivity contribution is -0.141. The number of alkyl halides is 3. The van der Waals surface area contributed by atoms with Gasteiger partial charge < -0.3 is 14.1 Å². The maximum absolute atomic E-state index is 12.9. The van der Waals surface area contributed by atoms with E-state index in [4.69, 9.17) is 9.15 Å². The number of hydrogen-bond donors (Lipinski definition) is 0. The van der Waals surface area contributed by atoms with Crippen LogP contribution in [0.5, 0.6) is 5.75 Å². The van der Waals surface area contributed by atoms with Crippen molar-refractivity contribution < 1.29 is 26.7 Å². The summed E-state index contributed by atoms with van der Waals surface area (Å²) >= 11 is 0. The van der Waals surface area contributed by atoms with E-state index >= 15 is 0 Å². The van der Waals surface area contributed by atoms with E-state index in [2.05, 4.69) is 20.2 Å². The molecule has 2 aromatic heterocycles. The first kappa shape index (κ1) is 19.1. The van der Waals surface area contributed by atoms with Crippen molar-refractivity contribution in [2.24, 2.45) is 0 Å². The van der Waals surface area contributed by atoms with E-state index in [1.165, 1.54) is 24.3 Å². The second-order valence-corrected chi connectivity index (χ2v) is 6.45. The number of benzene rings is 1. The van der Waals surface area contributed by atoms with Crippen LogP contribution < -0.4 is 9.64 Å². The van der Waals surface area contributed by atoms with Crippen molar-refractivity contribution >= 4 is 5.95 Å². The third-order valence-corrected chi connectivity index (χ3v) is 4.41. The van der Waals surface area contributed by atoms with Gasteiger partial charge in [0.1, 0.15) is 17.3 Å². The topological polar surface area (TPSA) is 77.2 Å². The van der Waals surface area contributed by atoms with Crippen LogP contribution >= 0.6 is 0 Å². The van der Waals surface area contributed by atoms with Crippen LogP contribution in [-0.4, -0.2) is 33.3 Å². The second-order valence-electron chi connectivity index (χ2n) is 6.45. The SMILES string of the molecule is Fc1ccc(OCc2nnc(C3CCN(c4nccc(C(F)(F)F)n4)C3)o2)cc1. The van der Waals surface area contributed by atoms with Crippen LogP contribution in [0.4, 0.5) is 23.5 Å². The molecular weight excluding hydrogens is 394 g/mol. The van der Waals surface area contributed by atoms with Gasteiger partial charge in [0.25, 0.3) is 5.89 Å². The van der Waals surface area contributed by atoms with Gasteiger partial charge in [0.05, 0.1) is 5.92 Å². The lowest BCUT2D eigenvalue weighted by Crippen LogP contribution is -2.23. The number of halogens is 4. The highest BCUT2D eigenvalue weighted by Gasteiger charge is 2.35. The van der Waals surface area contributed by atoms with E-state index in [1.807, 2.05) is 0 Å². The fourth-order valence-electron chi connectivity index (χ4n) is 2.97. The Morgan fingerprint density at radius 2 is 1.93 bits per heavy atom. The molecule has 0 N–H and O–H groups in total. The lowest BCUT2D eigenvalue weighted by atomic mass is 10.1. The number of nitrogens with zero attached hydrogens (tertiary/aromatic N) is 5. The number of rotatable bonds is 5. The van der Waals surface area contributed by atoms with E-state index in [-0.39, 0.29) is 30.2 Å². The summed E-state index contributed by atoms with van der Waals surface area (Å²) in [5.74, 6) is 0.574. The molecule has 1 aliphatic rings. The first-order valence-electron chi connectivity index (χ1n) is 8.74. The Hall–Kier alpha value is -3.24. The zero-order valence-corrected chi connectivity index (χ0v) is 14.9. The molecule has 0 radical (unpaired) electrons. The molecule has 3 heterocycles. The number of aromatic nitrogens is 4. The molecule has 0 aliphatic carbocycles. The Labute approximate surface area is 162 Å². The second kappa shape index (κ2) is 7.64. The summed E-state index contributed by atoms with van der Waals surface area (Å²) in [6, 6.07) is 6.35. The summed E-state index contributed by atoms with van der Waals surface area (Å²) in [5, 5.41) is 7.93. The van der Waals surface area contributed by atoms with E-state index in [9.17, 15) is 17.6 Å². The van der Waals surface area contributed by atoms with Crippen LogP contribution in [0.2, 0.25) is 0 Å². The molecule has 1 atom stereocenters. The Morgan fingerprint density at radius 1 is 1.14 bits per heavy atom. The normalized spacial score (nSPS) is 17.0. The van der Waals surface area contributed by atoms with E-state index in [1.54, 1.807) is 4.90 Å². The van der Waals surface area contributed by atoms with Gasteiger partial charge in [0, 0.05) is 19.3 Å². The average molecular weight is 409 g/mol. The zero-order chi connectivity index (χ0) is 20.4. The van der Waals surface area contributed by atoms with Gasteiger partial charge in [-0.15, -0.1) is 10.2 Å². The molecule has 4 rings (SSSR count). The number of ether oxygens (including phenoxy) is 1. The van der Waals surface area contributed by atoms with Crippen molar-refractivity contribution in [2.75, 3.05) is 18.0 Å². The van der Waals surface area contributed by atoms with Gasteiger partial charge in [0.2, 0.25) is 11.8 Å². The van der Waals surface area contributed by atoms with Crippen molar-refractivity contribution in [3.8, 4) is 5.75 Å². The highest BCUT2D eigenvalue weighted by Crippen LogP contribution is 2.31. The van der Waals surface area contributed by atoms with Gasteiger partial charge in [-0.05, 0) is 36.8 Å². The summed E-state index contributed by atoms with van der Waals surface area (Å²) in [4.78, 5) is 9.20. The quantitative estimate of drug-likeness (QED) is 0.596. The highest BCUT2D eigenvalue weighted by molar-refractivity contribution is 5.34. The molecule has 0 bridgehead atoms. The predicted molar refractivity (Wildman–Crippen MR) is 91.6 cm³/mol. The van der Waals surface area contributed by atoms with Gasteiger partial charge in [-0.2, -0.15) is 13.2 Å². The van der Waals surface area contributed by atoms with Crippen LogP contribution in [0.25, 0.3) is 0 Å². The molecule has 29 heavy (non-hydrogen) atoms. The molecule has 1 fully saturated rings. The first-order chi connectivity index (χ1) is 13.9. The monoisotopic (exact) mass is 409 g/mol. The standard InChI is InChI=1S/C18H15F4N5O2/c19-12-1-3-13(4-2-12)28-10-15-25-26-16(29-15)11-6-8-27(9-11)17-23-7-5-14(24-17)18(20,21)22/h1-5,7,11H,6,8-10H2. The molecule has 1 aromatic carbocycles. The maximum atomic E-state index is 12.9. The third kappa shape index (κ3) is 4.44. The van der Waals surface area contributed by atoms with Gasteiger partial charge in [-0.25, -0.2) is 14.4 Å². The Bertz CT molecular complexity index is 977. The summed E-state index contributed by atoms with van der Waals surface area (Å²) in [7, 11) is 0. The molecule has 11 heteroatoms. The van der Waals surface area contributed by atoms with Crippen molar-refractivity contribution in [2.45, 2.75) is 25.1 Å². The minimum atomic E-state index is -4.53. The van der Waals surface area contributed by atoms with Crippen molar-refractivity contribution in [3.63, 3.8) is 0 Å². The van der Waals surface area contributed by atoms with Gasteiger partial charge in [-0.1, -0.05) is 0 Å². The van der Waals surface area contributed by atoms with Crippen molar-refractivity contribution in [1.29, 1.82) is 0 Å². The summed E-state index contributed by atoms with van der Waals surface area (Å²) in [6.45, 7) is 0.851. The molecule has 1 unspecified atom stereocenters. The molecule has 7 nitrogen and oxygen atoms in total. The third-order valence-electron chi connectivity index (χ3n) is 4.41. The Balaban J connectivity index is 1.38. The summed E-state index contributed by atoms with van der Waals surface area (Å²) in [5.41, 5.74) is -0.982. The Morgan fingerprint density at radius 3 is 2.69 bits per heavy atom. The average Bonchev–Trinajstić information content (AvgIpc) is 3.37. The van der Waals surface area contributed by atoms with Gasteiger partial charge in [0.15, 0.2) is 6.61 Å². The highest BCUT2D eigenvalue weighted by atomic mass is 19.4. The van der Waals surface area contributed by atoms with Crippen LogP contribution in [-0.2, 0) is 12.8 Å². The predicted octanol–water partition coefficient (Wildman–Crippen LogP) is 3.59. The summed E-state index contributed by atoms with van der Waals surface area (Å²) < 4.78 is 62.5.